The molecule has 0 saturated heterocycles. The molecule has 1 N–H and O–H groups in total. The molecule has 4 rings (SSSR count). The van der Waals surface area contributed by atoms with E-state index in [2.05, 4.69) is 15.5 Å². The third-order valence-corrected chi connectivity index (χ3v) is 4.50. The first-order valence-corrected chi connectivity index (χ1v) is 8.77. The Hall–Kier alpha value is -3.62. The molecule has 0 atom stereocenters. The number of anilines is 1. The van der Waals surface area contributed by atoms with Gasteiger partial charge in [-0.2, -0.15) is 10.2 Å². The van der Waals surface area contributed by atoms with Crippen LogP contribution in [0.25, 0.3) is 16.6 Å². The topological polar surface area (TPSA) is 64.2 Å². The smallest absolute Gasteiger partial charge is 0.259 e. The van der Waals surface area contributed by atoms with Crippen LogP contribution in [0.4, 0.5) is 18.9 Å². The summed E-state index contributed by atoms with van der Waals surface area (Å²) >= 11 is 0. The van der Waals surface area contributed by atoms with Crippen molar-refractivity contribution < 1.29 is 18.0 Å². The number of aryl methyl sites for hydroxylation is 1. The van der Waals surface area contributed by atoms with Gasteiger partial charge in [-0.1, -0.05) is 6.07 Å². The molecule has 0 aliphatic rings. The lowest BCUT2D eigenvalue weighted by molar-refractivity contribution is 0.102. The Bertz CT molecular complexity index is 1200. The quantitative estimate of drug-likeness (QED) is 0.548. The minimum atomic E-state index is -2.56. The van der Waals surface area contributed by atoms with E-state index < -0.39 is 18.8 Å². The third kappa shape index (κ3) is 3.71. The number of nitrogens with zero attached hydrogens (tertiary/aromatic N) is 4. The van der Waals surface area contributed by atoms with Crippen molar-refractivity contribution in [2.45, 2.75) is 19.9 Å². The van der Waals surface area contributed by atoms with Crippen LogP contribution in [0.2, 0.25) is 0 Å². The van der Waals surface area contributed by atoms with Gasteiger partial charge >= 0.3 is 0 Å². The number of rotatable bonds is 5. The van der Waals surface area contributed by atoms with Gasteiger partial charge in [0.15, 0.2) is 0 Å². The van der Waals surface area contributed by atoms with E-state index >= 15 is 0 Å². The van der Waals surface area contributed by atoms with E-state index in [0.29, 0.717) is 27.9 Å². The van der Waals surface area contributed by atoms with Crippen molar-refractivity contribution in [3.8, 4) is 11.1 Å². The van der Waals surface area contributed by atoms with Crippen LogP contribution in [-0.4, -0.2) is 31.7 Å². The Balaban J connectivity index is 1.65. The molecule has 6 nitrogen and oxygen atoms in total. The minimum Gasteiger partial charge on any atom is -0.322 e. The lowest BCUT2D eigenvalue weighted by atomic mass is 10.0. The fraction of sp³-hybridized carbons (Fsp3) is 0.150. The molecule has 4 aromatic rings. The molecular weight excluding hydrogens is 383 g/mol. The Morgan fingerprint density at radius 3 is 2.83 bits per heavy atom. The molecule has 0 bridgehead atoms. The molecule has 3 heterocycles. The molecule has 9 heteroatoms. The number of carbonyl (C=O) groups excluding carboxylic acids is 1. The highest BCUT2D eigenvalue weighted by Crippen LogP contribution is 2.29. The molecule has 148 valence electrons. The highest BCUT2D eigenvalue weighted by molar-refractivity contribution is 6.09. The number of aromatic nitrogens is 4. The lowest BCUT2D eigenvalue weighted by Crippen LogP contribution is -2.13. The molecule has 0 unspecified atom stereocenters. The van der Waals surface area contributed by atoms with Crippen LogP contribution in [0.3, 0.4) is 0 Å². The monoisotopic (exact) mass is 399 g/mol. The zero-order chi connectivity index (χ0) is 20.5. The lowest BCUT2D eigenvalue weighted by Gasteiger charge is -2.11. The Labute approximate surface area is 163 Å². The number of alkyl halides is 2. The van der Waals surface area contributed by atoms with E-state index in [0.717, 1.165) is 4.68 Å². The largest absolute Gasteiger partial charge is 0.322 e. The fourth-order valence-corrected chi connectivity index (χ4v) is 3.07. The van der Waals surface area contributed by atoms with Gasteiger partial charge in [-0.25, -0.2) is 17.7 Å². The minimum absolute atomic E-state index is 0.159. The maximum absolute atomic E-state index is 14.5. The van der Waals surface area contributed by atoms with Crippen molar-refractivity contribution >= 4 is 17.1 Å². The Morgan fingerprint density at radius 2 is 2.03 bits per heavy atom. The SMILES string of the molecule is Cc1cc(F)c(-c2cnn(CC(F)F)c2)cc1NC(=O)c1cnn2ccccc12. The molecule has 29 heavy (non-hydrogen) atoms. The number of nitrogens with one attached hydrogen (secondary N) is 1. The molecule has 0 spiro atoms. The van der Waals surface area contributed by atoms with E-state index in [-0.39, 0.29) is 11.5 Å². The summed E-state index contributed by atoms with van der Waals surface area (Å²) in [5, 5.41) is 10.7. The number of pyridine rings is 1. The van der Waals surface area contributed by atoms with Gasteiger partial charge < -0.3 is 5.32 Å². The molecule has 0 aliphatic heterocycles. The van der Waals surface area contributed by atoms with Crippen LogP contribution in [0.1, 0.15) is 15.9 Å². The second kappa shape index (κ2) is 7.42. The van der Waals surface area contributed by atoms with Crippen LogP contribution in [0, 0.1) is 12.7 Å². The van der Waals surface area contributed by atoms with E-state index in [1.54, 1.807) is 35.8 Å². The van der Waals surface area contributed by atoms with E-state index in [1.807, 2.05) is 0 Å². The maximum Gasteiger partial charge on any atom is 0.259 e. The summed E-state index contributed by atoms with van der Waals surface area (Å²) < 4.78 is 42.2. The summed E-state index contributed by atoms with van der Waals surface area (Å²) in [5.74, 6) is -0.923. The van der Waals surface area contributed by atoms with Gasteiger partial charge in [-0.3, -0.25) is 9.48 Å². The second-order valence-corrected chi connectivity index (χ2v) is 6.53. The first-order valence-electron chi connectivity index (χ1n) is 8.77. The number of carbonyl (C=O) groups is 1. The molecule has 0 fully saturated rings. The predicted molar refractivity (Wildman–Crippen MR) is 102 cm³/mol. The fourth-order valence-electron chi connectivity index (χ4n) is 3.07. The predicted octanol–water partition coefficient (Wildman–Crippen LogP) is 4.16. The van der Waals surface area contributed by atoms with Gasteiger partial charge in [0.05, 0.1) is 23.5 Å². The molecule has 3 aromatic heterocycles. The van der Waals surface area contributed by atoms with Crippen molar-refractivity contribution in [3.05, 3.63) is 72.1 Å². The van der Waals surface area contributed by atoms with Gasteiger partial charge in [0.25, 0.3) is 12.3 Å². The zero-order valence-corrected chi connectivity index (χ0v) is 15.3. The number of hydrogen-bond acceptors (Lipinski definition) is 3. The zero-order valence-electron chi connectivity index (χ0n) is 15.3. The van der Waals surface area contributed by atoms with E-state index in [9.17, 15) is 18.0 Å². The number of fused-ring (bicyclic) bond motifs is 1. The van der Waals surface area contributed by atoms with E-state index in [4.69, 9.17) is 0 Å². The van der Waals surface area contributed by atoms with Gasteiger partial charge in [-0.15, -0.1) is 0 Å². The molecule has 0 radical (unpaired) electrons. The van der Waals surface area contributed by atoms with Crippen LogP contribution < -0.4 is 5.32 Å². The standard InChI is InChI=1S/C20H16F3N5O/c1-12-6-16(21)14(13-8-24-27(10-13)11-19(22)23)7-17(12)26-20(29)15-9-25-28-5-3-2-4-18(15)28/h2-10,19H,11H2,1H3,(H,26,29). The summed E-state index contributed by atoms with van der Waals surface area (Å²) in [7, 11) is 0. The van der Waals surface area contributed by atoms with Crippen molar-refractivity contribution in [2.24, 2.45) is 0 Å². The average molecular weight is 399 g/mol. The summed E-state index contributed by atoms with van der Waals surface area (Å²) in [6, 6.07) is 8.12. The Morgan fingerprint density at radius 1 is 1.21 bits per heavy atom. The summed E-state index contributed by atoms with van der Waals surface area (Å²) in [6.45, 7) is 1.09. The van der Waals surface area contributed by atoms with Crippen LogP contribution in [0.5, 0.6) is 0 Å². The van der Waals surface area contributed by atoms with E-state index in [1.165, 1.54) is 30.7 Å². The van der Waals surface area contributed by atoms with Crippen LogP contribution in [-0.2, 0) is 6.54 Å². The summed E-state index contributed by atoms with van der Waals surface area (Å²) in [4.78, 5) is 12.7. The number of hydrogen-bond donors (Lipinski definition) is 1. The van der Waals surface area contributed by atoms with Crippen molar-refractivity contribution in [2.75, 3.05) is 5.32 Å². The molecular formula is C20H16F3N5O. The first-order chi connectivity index (χ1) is 13.9. The second-order valence-electron chi connectivity index (χ2n) is 6.53. The van der Waals surface area contributed by atoms with Gasteiger partial charge in [0.2, 0.25) is 0 Å². The molecule has 1 amide bonds. The average Bonchev–Trinajstić information content (AvgIpc) is 3.30. The van der Waals surface area contributed by atoms with Gasteiger partial charge in [0, 0.05) is 29.2 Å². The van der Waals surface area contributed by atoms with Crippen molar-refractivity contribution in [1.82, 2.24) is 19.4 Å². The maximum atomic E-state index is 14.5. The van der Waals surface area contributed by atoms with Crippen molar-refractivity contribution in [3.63, 3.8) is 0 Å². The molecule has 0 saturated carbocycles. The van der Waals surface area contributed by atoms with Crippen LogP contribution in [0.15, 0.2) is 55.1 Å². The Kier molecular flexibility index (Phi) is 4.79. The normalized spacial score (nSPS) is 11.3. The summed E-state index contributed by atoms with van der Waals surface area (Å²) in [6.07, 6.45) is 3.28. The highest BCUT2D eigenvalue weighted by atomic mass is 19.3. The van der Waals surface area contributed by atoms with Gasteiger partial charge in [-0.05, 0) is 36.8 Å². The molecule has 1 aromatic carbocycles. The number of halogens is 3. The molecule has 0 aliphatic carbocycles. The van der Waals surface area contributed by atoms with Crippen LogP contribution >= 0.6 is 0 Å². The third-order valence-electron chi connectivity index (χ3n) is 4.50. The highest BCUT2D eigenvalue weighted by Gasteiger charge is 2.17. The summed E-state index contributed by atoms with van der Waals surface area (Å²) in [5.41, 5.74) is 2.44. The number of amides is 1. The first kappa shape index (κ1) is 18.7. The van der Waals surface area contributed by atoms with Crippen molar-refractivity contribution in [1.29, 1.82) is 0 Å². The number of benzene rings is 1. The van der Waals surface area contributed by atoms with Gasteiger partial charge in [0.1, 0.15) is 12.4 Å².